The van der Waals surface area contributed by atoms with Crippen LogP contribution in [-0.4, -0.2) is 24.3 Å². The van der Waals surface area contributed by atoms with Gasteiger partial charge in [-0.05, 0) is 42.2 Å². The Labute approximate surface area is 162 Å². The van der Waals surface area contributed by atoms with Gasteiger partial charge in [0, 0.05) is 4.90 Å². The lowest BCUT2D eigenvalue weighted by molar-refractivity contribution is -0.137. The van der Waals surface area contributed by atoms with E-state index in [9.17, 15) is 22.8 Å². The molecule has 0 aliphatic heterocycles. The van der Waals surface area contributed by atoms with E-state index >= 15 is 0 Å². The van der Waals surface area contributed by atoms with Crippen molar-refractivity contribution >= 4 is 47.1 Å². The summed E-state index contributed by atoms with van der Waals surface area (Å²) < 4.78 is 38.1. The Kier molecular flexibility index (Phi) is 6.86. The second-order valence-corrected chi connectivity index (χ2v) is 6.41. The molecule has 2 amide bonds. The molecule has 27 heavy (non-hydrogen) atoms. The largest absolute Gasteiger partial charge is 0.416 e. The number of thioether (sulfide) groups is 1. The van der Waals surface area contributed by atoms with Gasteiger partial charge in [0.1, 0.15) is 0 Å². The summed E-state index contributed by atoms with van der Waals surface area (Å²) in [5.41, 5.74) is 1.35. The molecule has 142 valence electrons. The van der Waals surface area contributed by atoms with Crippen molar-refractivity contribution in [2.45, 2.75) is 11.1 Å². The molecule has 0 aliphatic rings. The van der Waals surface area contributed by atoms with Gasteiger partial charge in [0.2, 0.25) is 0 Å². The molecule has 0 bridgehead atoms. The summed E-state index contributed by atoms with van der Waals surface area (Å²) in [6.45, 7) is 0. The summed E-state index contributed by atoms with van der Waals surface area (Å²) in [6.07, 6.45) is -1.35. The molecule has 2 N–H and O–H groups in total. The first kappa shape index (κ1) is 20.8. The van der Waals surface area contributed by atoms with Crippen LogP contribution in [0, 0.1) is 0 Å². The third-order valence-corrected chi connectivity index (χ3v) is 4.32. The molecule has 10 heteroatoms. The number of hydrazone groups is 1. The number of amides is 2. The molecule has 2 aromatic rings. The molecule has 0 spiro atoms. The molecule has 0 saturated carbocycles. The Bertz CT molecular complexity index is 871. The number of hydrogen-bond acceptors (Lipinski definition) is 4. The van der Waals surface area contributed by atoms with Crippen molar-refractivity contribution in [2.75, 3.05) is 11.6 Å². The predicted octanol–water partition coefficient (Wildman–Crippen LogP) is 4.17. The summed E-state index contributed by atoms with van der Waals surface area (Å²) in [5, 5.41) is 5.52. The van der Waals surface area contributed by atoms with Gasteiger partial charge in [0.15, 0.2) is 0 Å². The Morgan fingerprint density at radius 2 is 1.78 bits per heavy atom. The van der Waals surface area contributed by atoms with E-state index in [-0.39, 0.29) is 10.7 Å². The smallest absolute Gasteiger partial charge is 0.316 e. The molecule has 0 saturated heterocycles. The first-order valence-corrected chi connectivity index (χ1v) is 8.96. The van der Waals surface area contributed by atoms with Crippen LogP contribution in [0.4, 0.5) is 18.9 Å². The fourth-order valence-corrected chi connectivity index (χ4v) is 2.46. The van der Waals surface area contributed by atoms with Crippen molar-refractivity contribution < 1.29 is 22.8 Å². The highest BCUT2D eigenvalue weighted by Gasteiger charge is 2.31. The second kappa shape index (κ2) is 8.92. The van der Waals surface area contributed by atoms with Crippen LogP contribution in [0.5, 0.6) is 0 Å². The van der Waals surface area contributed by atoms with Crippen molar-refractivity contribution in [2.24, 2.45) is 5.10 Å². The number of nitrogens with zero attached hydrogens (tertiary/aromatic N) is 1. The van der Waals surface area contributed by atoms with Gasteiger partial charge in [0.05, 0.1) is 22.5 Å². The van der Waals surface area contributed by atoms with Gasteiger partial charge in [-0.1, -0.05) is 23.7 Å². The highest BCUT2D eigenvalue weighted by Crippen LogP contribution is 2.33. The fraction of sp³-hybridized carbons (Fsp3) is 0.118. The average molecular weight is 416 g/mol. The van der Waals surface area contributed by atoms with Gasteiger partial charge in [-0.3, -0.25) is 9.59 Å². The maximum atomic E-state index is 12.7. The summed E-state index contributed by atoms with van der Waals surface area (Å²) >= 11 is 7.33. The maximum absolute atomic E-state index is 12.7. The topological polar surface area (TPSA) is 70.6 Å². The van der Waals surface area contributed by atoms with Gasteiger partial charge < -0.3 is 5.32 Å². The first-order chi connectivity index (χ1) is 12.7. The van der Waals surface area contributed by atoms with Crippen LogP contribution in [-0.2, 0) is 15.8 Å². The lowest BCUT2D eigenvalue weighted by Crippen LogP contribution is -2.32. The van der Waals surface area contributed by atoms with Gasteiger partial charge in [0.25, 0.3) is 0 Å². The van der Waals surface area contributed by atoms with Crippen LogP contribution >= 0.6 is 23.4 Å². The molecule has 0 atom stereocenters. The number of rotatable bonds is 4. The van der Waals surface area contributed by atoms with Crippen LogP contribution in [0.25, 0.3) is 0 Å². The summed E-state index contributed by atoms with van der Waals surface area (Å²) in [5.74, 6) is -2.36. The molecule has 0 unspecified atom stereocenters. The van der Waals surface area contributed by atoms with Crippen LogP contribution in [0.15, 0.2) is 52.5 Å². The van der Waals surface area contributed by atoms with Gasteiger partial charge >= 0.3 is 18.0 Å². The van der Waals surface area contributed by atoms with E-state index < -0.39 is 23.6 Å². The molecular formula is C17H13ClF3N3O2S. The van der Waals surface area contributed by atoms with E-state index in [0.717, 1.165) is 17.0 Å². The number of carbonyl (C=O) groups is 2. The Balaban J connectivity index is 1.99. The Morgan fingerprint density at radius 3 is 2.37 bits per heavy atom. The van der Waals surface area contributed by atoms with E-state index in [1.807, 2.05) is 29.1 Å². The van der Waals surface area contributed by atoms with Crippen LogP contribution in [0.3, 0.4) is 0 Å². The van der Waals surface area contributed by atoms with Crippen molar-refractivity contribution in [1.29, 1.82) is 0 Å². The van der Waals surface area contributed by atoms with E-state index in [1.165, 1.54) is 6.21 Å². The van der Waals surface area contributed by atoms with E-state index in [1.54, 1.807) is 23.9 Å². The molecule has 0 aromatic heterocycles. The number of hydrogen-bond donors (Lipinski definition) is 2. The van der Waals surface area contributed by atoms with Crippen molar-refractivity contribution in [3.63, 3.8) is 0 Å². The van der Waals surface area contributed by atoms with Gasteiger partial charge in [-0.2, -0.15) is 18.3 Å². The van der Waals surface area contributed by atoms with E-state index in [2.05, 4.69) is 5.10 Å². The quantitative estimate of drug-likeness (QED) is 0.341. The lowest BCUT2D eigenvalue weighted by Gasteiger charge is -2.11. The maximum Gasteiger partial charge on any atom is 0.416 e. The second-order valence-electron chi connectivity index (χ2n) is 5.12. The number of halogens is 4. The minimum absolute atomic E-state index is 0.137. The van der Waals surface area contributed by atoms with Gasteiger partial charge in [-0.15, -0.1) is 11.8 Å². The van der Waals surface area contributed by atoms with Crippen LogP contribution in [0.2, 0.25) is 5.02 Å². The van der Waals surface area contributed by atoms with Crippen molar-refractivity contribution in [3.05, 3.63) is 58.6 Å². The number of alkyl halides is 3. The monoisotopic (exact) mass is 415 g/mol. The zero-order valence-corrected chi connectivity index (χ0v) is 15.4. The Hall–Kier alpha value is -2.52. The SMILES string of the molecule is CSc1ccc(/C=N/NC(=O)C(=O)Nc2cc(C(F)(F)F)ccc2Cl)cc1. The van der Waals surface area contributed by atoms with Crippen LogP contribution in [0.1, 0.15) is 11.1 Å². The van der Waals surface area contributed by atoms with Crippen LogP contribution < -0.4 is 10.7 Å². The minimum atomic E-state index is -4.61. The Morgan fingerprint density at radius 1 is 1.11 bits per heavy atom. The molecular weight excluding hydrogens is 403 g/mol. The normalized spacial score (nSPS) is 11.4. The van der Waals surface area contributed by atoms with E-state index in [0.29, 0.717) is 11.6 Å². The molecule has 5 nitrogen and oxygen atoms in total. The molecule has 2 aromatic carbocycles. The highest BCUT2D eigenvalue weighted by atomic mass is 35.5. The molecule has 2 rings (SSSR count). The lowest BCUT2D eigenvalue weighted by atomic mass is 10.2. The average Bonchev–Trinajstić information content (AvgIpc) is 2.63. The zero-order chi connectivity index (χ0) is 20.0. The molecule has 0 fully saturated rings. The minimum Gasteiger partial charge on any atom is -0.316 e. The van der Waals surface area contributed by atoms with E-state index in [4.69, 9.17) is 11.6 Å². The number of nitrogens with one attached hydrogen (secondary N) is 2. The molecule has 0 radical (unpaired) electrons. The summed E-state index contributed by atoms with van der Waals surface area (Å²) in [6, 6.07) is 9.64. The number of anilines is 1. The third kappa shape index (κ3) is 6.00. The molecule has 0 heterocycles. The molecule has 0 aliphatic carbocycles. The summed E-state index contributed by atoms with van der Waals surface area (Å²) in [7, 11) is 0. The van der Waals surface area contributed by atoms with Gasteiger partial charge in [-0.25, -0.2) is 5.43 Å². The number of benzene rings is 2. The number of carbonyl (C=O) groups excluding carboxylic acids is 2. The van der Waals surface area contributed by atoms with Crippen molar-refractivity contribution in [1.82, 2.24) is 5.43 Å². The standard InChI is InChI=1S/C17H13ClF3N3O2S/c1-27-12-5-2-10(3-6-12)9-22-24-16(26)15(25)23-14-8-11(17(19,20)21)4-7-13(14)18/h2-9H,1H3,(H,23,25)(H,24,26)/b22-9+. The zero-order valence-electron chi connectivity index (χ0n) is 13.8. The fourth-order valence-electron chi connectivity index (χ4n) is 1.88. The first-order valence-electron chi connectivity index (χ1n) is 7.36. The highest BCUT2D eigenvalue weighted by molar-refractivity contribution is 7.98. The van der Waals surface area contributed by atoms with Crippen molar-refractivity contribution in [3.8, 4) is 0 Å². The third-order valence-electron chi connectivity index (χ3n) is 3.24. The predicted molar refractivity (Wildman–Crippen MR) is 99.0 cm³/mol. The summed E-state index contributed by atoms with van der Waals surface area (Å²) in [4.78, 5) is 24.6.